The quantitative estimate of drug-likeness (QED) is 0.388. The minimum Gasteiger partial charge on any atom is -0.365 e. The third kappa shape index (κ3) is 7.63. The summed E-state index contributed by atoms with van der Waals surface area (Å²) in [6, 6.07) is 1.89. The van der Waals surface area contributed by atoms with Gasteiger partial charge in [-0.3, -0.25) is 4.79 Å². The summed E-state index contributed by atoms with van der Waals surface area (Å²) in [4.78, 5) is 24.1. The van der Waals surface area contributed by atoms with Crippen LogP contribution in [0.15, 0.2) is 18.1 Å². The molecule has 1 aromatic rings. The largest absolute Gasteiger partial charge is 0.365 e. The van der Waals surface area contributed by atoms with Crippen LogP contribution >= 0.6 is 11.6 Å². The van der Waals surface area contributed by atoms with Crippen molar-refractivity contribution >= 4 is 29.4 Å². The smallest absolute Gasteiger partial charge is 0.303 e. The first-order chi connectivity index (χ1) is 16.6. The number of hydroxylamine groups is 1. The van der Waals surface area contributed by atoms with Gasteiger partial charge in [-0.15, -0.1) is 0 Å². The Labute approximate surface area is 206 Å². The molecule has 3 heterocycles. The maximum Gasteiger partial charge on any atom is 0.303 e. The maximum absolute atomic E-state index is 14.3. The van der Waals surface area contributed by atoms with Gasteiger partial charge in [-0.2, -0.15) is 0 Å². The Kier molecular flexibility index (Phi) is 9.56. The molecule has 7 nitrogen and oxygen atoms in total. The lowest BCUT2D eigenvalue weighted by Gasteiger charge is -2.36. The molecule has 3 fully saturated rings. The summed E-state index contributed by atoms with van der Waals surface area (Å²) in [5.41, 5.74) is 2.51. The van der Waals surface area contributed by atoms with Crippen LogP contribution in [0.3, 0.4) is 0 Å². The van der Waals surface area contributed by atoms with E-state index in [1.807, 2.05) is 0 Å². The van der Waals surface area contributed by atoms with Crippen molar-refractivity contribution in [3.05, 3.63) is 28.7 Å². The van der Waals surface area contributed by atoms with Crippen molar-refractivity contribution in [2.75, 3.05) is 31.6 Å². The second-order valence-electron chi connectivity index (χ2n) is 9.68. The third-order valence-corrected chi connectivity index (χ3v) is 7.17. The molecular weight excluding hydrogens is 459 g/mol. The number of ether oxygens (including phenoxy) is 1. The van der Waals surface area contributed by atoms with Crippen LogP contribution in [0.4, 0.5) is 10.2 Å². The van der Waals surface area contributed by atoms with Crippen molar-refractivity contribution in [3.8, 4) is 0 Å². The minimum absolute atomic E-state index is 0.283. The number of anilines is 1. The number of pyridine rings is 1. The molecule has 1 saturated carbocycles. The maximum atomic E-state index is 14.3. The van der Waals surface area contributed by atoms with Crippen LogP contribution in [0.5, 0.6) is 0 Å². The Balaban J connectivity index is 1.27. The van der Waals surface area contributed by atoms with Crippen LogP contribution in [-0.2, 0) is 14.4 Å². The molecular formula is C25H36ClFN4O3. The Bertz CT molecular complexity index is 843. The van der Waals surface area contributed by atoms with Gasteiger partial charge in [-0.1, -0.05) is 30.9 Å². The molecule has 1 aromatic heterocycles. The van der Waals surface area contributed by atoms with Gasteiger partial charge in [0.15, 0.2) is 12.1 Å². The molecule has 188 valence electrons. The van der Waals surface area contributed by atoms with Crippen molar-refractivity contribution in [2.45, 2.75) is 76.5 Å². The molecule has 0 spiro atoms. The third-order valence-electron chi connectivity index (χ3n) is 6.88. The number of hydrogen-bond donors (Lipinski definition) is 2. The van der Waals surface area contributed by atoms with Crippen LogP contribution in [0, 0.1) is 5.92 Å². The first-order valence-corrected chi connectivity index (χ1v) is 13.0. The fraction of sp³-hybridized carbons (Fsp3) is 0.680. The van der Waals surface area contributed by atoms with E-state index in [1.54, 1.807) is 6.07 Å². The Morgan fingerprint density at radius 1 is 1.21 bits per heavy atom. The summed E-state index contributed by atoms with van der Waals surface area (Å²) in [7, 11) is 0. The number of piperidine rings is 1. The van der Waals surface area contributed by atoms with Gasteiger partial charge in [-0.05, 0) is 68.7 Å². The van der Waals surface area contributed by atoms with E-state index in [1.165, 1.54) is 44.8 Å². The lowest BCUT2D eigenvalue weighted by Crippen LogP contribution is -2.44. The molecule has 1 amide bonds. The van der Waals surface area contributed by atoms with Crippen LogP contribution in [0.2, 0.25) is 5.02 Å². The lowest BCUT2D eigenvalue weighted by molar-refractivity contribution is -0.199. The summed E-state index contributed by atoms with van der Waals surface area (Å²) in [6.45, 7) is 3.89. The van der Waals surface area contributed by atoms with E-state index in [2.05, 4.69) is 20.7 Å². The zero-order valence-electron chi connectivity index (χ0n) is 19.7. The molecule has 2 N–H and O–H groups in total. The molecule has 4 rings (SSSR count). The van der Waals surface area contributed by atoms with Crippen molar-refractivity contribution in [1.29, 1.82) is 0 Å². The van der Waals surface area contributed by atoms with E-state index in [4.69, 9.17) is 21.2 Å². The van der Waals surface area contributed by atoms with Crippen LogP contribution in [0.25, 0.3) is 6.08 Å². The highest BCUT2D eigenvalue weighted by Crippen LogP contribution is 2.27. The average Bonchev–Trinajstić information content (AvgIpc) is 2.86. The van der Waals surface area contributed by atoms with Crippen LogP contribution in [-0.4, -0.2) is 54.4 Å². The molecule has 34 heavy (non-hydrogen) atoms. The molecule has 1 unspecified atom stereocenters. The number of halogens is 2. The van der Waals surface area contributed by atoms with Crippen molar-refractivity contribution in [1.82, 2.24) is 15.4 Å². The van der Waals surface area contributed by atoms with Gasteiger partial charge in [0.05, 0.1) is 5.02 Å². The van der Waals surface area contributed by atoms with E-state index < -0.39 is 18.0 Å². The van der Waals surface area contributed by atoms with Gasteiger partial charge in [0, 0.05) is 38.4 Å². The Morgan fingerprint density at radius 3 is 2.79 bits per heavy atom. The van der Waals surface area contributed by atoms with E-state index in [9.17, 15) is 9.18 Å². The fourth-order valence-corrected chi connectivity index (χ4v) is 5.32. The molecule has 0 radical (unpaired) electrons. The van der Waals surface area contributed by atoms with E-state index in [0.29, 0.717) is 29.4 Å². The molecule has 3 aliphatic rings. The number of hydrogen-bond acceptors (Lipinski definition) is 6. The summed E-state index contributed by atoms with van der Waals surface area (Å²) < 4.78 is 19.7. The SMILES string of the molecule is O=C(NOC1CCCCO1)/C(F)=C\c1cnc(N[C@@H]2CCCN(CC3CCCCC3)C2)c(Cl)c1. The van der Waals surface area contributed by atoms with E-state index in [0.717, 1.165) is 50.8 Å². The normalized spacial score (nSPS) is 25.2. The molecule has 0 aromatic carbocycles. The summed E-state index contributed by atoms with van der Waals surface area (Å²) in [6.07, 6.45) is 13.7. The molecule has 2 aliphatic heterocycles. The van der Waals surface area contributed by atoms with Gasteiger partial charge < -0.3 is 15.0 Å². The highest BCUT2D eigenvalue weighted by atomic mass is 35.5. The number of carbonyl (C=O) groups is 1. The van der Waals surface area contributed by atoms with Crippen molar-refractivity contribution in [2.24, 2.45) is 5.92 Å². The number of carbonyl (C=O) groups excluding carboxylic acids is 1. The number of likely N-dealkylation sites (tertiary alicyclic amines) is 1. The zero-order chi connectivity index (χ0) is 23.8. The molecule has 9 heteroatoms. The summed E-state index contributed by atoms with van der Waals surface area (Å²) in [5, 5.41) is 3.87. The molecule has 2 atom stereocenters. The van der Waals surface area contributed by atoms with Gasteiger partial charge in [0.25, 0.3) is 0 Å². The van der Waals surface area contributed by atoms with Crippen molar-refractivity contribution < 1.29 is 18.8 Å². The van der Waals surface area contributed by atoms with E-state index >= 15 is 0 Å². The minimum atomic E-state index is -0.986. The van der Waals surface area contributed by atoms with E-state index in [-0.39, 0.29) is 6.04 Å². The second kappa shape index (κ2) is 12.8. The lowest BCUT2D eigenvalue weighted by atomic mass is 9.88. The Hall–Kier alpha value is -1.74. The van der Waals surface area contributed by atoms with Gasteiger partial charge in [0.2, 0.25) is 0 Å². The average molecular weight is 495 g/mol. The monoisotopic (exact) mass is 494 g/mol. The first-order valence-electron chi connectivity index (χ1n) is 12.7. The number of aromatic nitrogens is 1. The second-order valence-corrected chi connectivity index (χ2v) is 10.1. The standard InChI is InChI=1S/C25H36ClFN4O3/c26-21-13-19(14-22(27)25(32)30-34-23-10-4-5-12-33-23)15-28-24(21)29-20-9-6-11-31(17-20)16-18-7-2-1-3-8-18/h13-15,18,20,23H,1-12,16-17H2,(H,28,29)(H,30,32)/b22-14+/t20-,23?/m1/s1. The topological polar surface area (TPSA) is 75.7 Å². The highest BCUT2D eigenvalue weighted by Gasteiger charge is 2.24. The fourth-order valence-electron chi connectivity index (χ4n) is 5.09. The zero-order valence-corrected chi connectivity index (χ0v) is 20.5. The predicted molar refractivity (Wildman–Crippen MR) is 131 cm³/mol. The highest BCUT2D eigenvalue weighted by molar-refractivity contribution is 6.33. The molecule has 1 aliphatic carbocycles. The van der Waals surface area contributed by atoms with Crippen molar-refractivity contribution in [3.63, 3.8) is 0 Å². The number of nitrogens with zero attached hydrogens (tertiary/aromatic N) is 2. The Morgan fingerprint density at radius 2 is 2.03 bits per heavy atom. The van der Waals surface area contributed by atoms with Gasteiger partial charge >= 0.3 is 5.91 Å². The van der Waals surface area contributed by atoms with Gasteiger partial charge in [0.1, 0.15) is 5.82 Å². The number of amides is 1. The molecule has 2 saturated heterocycles. The number of nitrogens with one attached hydrogen (secondary N) is 2. The molecule has 0 bridgehead atoms. The first kappa shape index (κ1) is 25.4. The number of rotatable bonds is 8. The van der Waals surface area contributed by atoms with Gasteiger partial charge in [-0.25, -0.2) is 19.7 Å². The summed E-state index contributed by atoms with van der Waals surface area (Å²) >= 11 is 6.43. The predicted octanol–water partition coefficient (Wildman–Crippen LogP) is 5.08. The van der Waals surface area contributed by atoms with Crippen LogP contribution in [0.1, 0.15) is 69.8 Å². The van der Waals surface area contributed by atoms with Crippen LogP contribution < -0.4 is 10.8 Å². The summed E-state index contributed by atoms with van der Waals surface area (Å²) in [5.74, 6) is -0.535.